The fourth-order valence-electron chi connectivity index (χ4n) is 2.41. The molecule has 0 radical (unpaired) electrons. The van der Waals surface area contributed by atoms with Crippen molar-refractivity contribution < 1.29 is 13.9 Å². The molecule has 1 atom stereocenters. The molecule has 0 unspecified atom stereocenters. The largest absolute Gasteiger partial charge is 0.376 e. The number of amides is 2. The Morgan fingerprint density at radius 2 is 2.11 bits per heavy atom. The van der Waals surface area contributed by atoms with Crippen molar-refractivity contribution in [3.8, 4) is 0 Å². The number of nitrogens with one attached hydrogen (secondary N) is 1. The van der Waals surface area contributed by atoms with E-state index in [1.165, 1.54) is 0 Å². The molecular weight excluding hydrogens is 237 g/mol. The molecule has 2 fully saturated rings. The minimum absolute atomic E-state index is 0.0228. The number of carbonyl (C=O) groups is 1. The lowest BCUT2D eigenvalue weighted by Crippen LogP contribution is -2.52. The first kappa shape index (κ1) is 13.5. The van der Waals surface area contributed by atoms with Crippen molar-refractivity contribution in [1.82, 2.24) is 15.1 Å². The summed E-state index contributed by atoms with van der Waals surface area (Å²) in [5, 5.41) is 2.91. The van der Waals surface area contributed by atoms with Gasteiger partial charge in [-0.3, -0.25) is 4.90 Å². The van der Waals surface area contributed by atoms with Crippen molar-refractivity contribution >= 4 is 6.03 Å². The number of hydrogen-bond acceptors (Lipinski definition) is 3. The van der Waals surface area contributed by atoms with Crippen molar-refractivity contribution in [1.29, 1.82) is 0 Å². The van der Waals surface area contributed by atoms with E-state index >= 15 is 0 Å². The second kappa shape index (κ2) is 6.89. The molecule has 0 aromatic heterocycles. The zero-order valence-corrected chi connectivity index (χ0v) is 10.7. The van der Waals surface area contributed by atoms with E-state index in [0.717, 1.165) is 32.5 Å². The summed E-state index contributed by atoms with van der Waals surface area (Å²) in [5.74, 6) is 0. The number of nitrogens with zero attached hydrogens (tertiary/aromatic N) is 2. The van der Waals surface area contributed by atoms with Crippen molar-refractivity contribution in [2.45, 2.75) is 18.9 Å². The molecule has 0 bridgehead atoms. The van der Waals surface area contributed by atoms with Crippen LogP contribution in [0.15, 0.2) is 0 Å². The second-order valence-corrected chi connectivity index (χ2v) is 4.84. The number of ether oxygens (including phenoxy) is 1. The summed E-state index contributed by atoms with van der Waals surface area (Å²) in [7, 11) is 0. The van der Waals surface area contributed by atoms with Crippen LogP contribution in [0.25, 0.3) is 0 Å². The van der Waals surface area contributed by atoms with Crippen molar-refractivity contribution in [3.63, 3.8) is 0 Å². The fraction of sp³-hybridized carbons (Fsp3) is 0.917. The Balaban J connectivity index is 1.64. The van der Waals surface area contributed by atoms with Crippen LogP contribution in [-0.2, 0) is 4.74 Å². The van der Waals surface area contributed by atoms with E-state index in [0.29, 0.717) is 26.2 Å². The first-order valence-corrected chi connectivity index (χ1v) is 6.72. The van der Waals surface area contributed by atoms with E-state index in [4.69, 9.17) is 4.74 Å². The Morgan fingerprint density at radius 3 is 2.72 bits per heavy atom. The molecule has 2 aliphatic heterocycles. The fourth-order valence-corrected chi connectivity index (χ4v) is 2.41. The van der Waals surface area contributed by atoms with E-state index < -0.39 is 0 Å². The third kappa shape index (κ3) is 3.81. The monoisotopic (exact) mass is 259 g/mol. The van der Waals surface area contributed by atoms with Crippen molar-refractivity contribution in [2.24, 2.45) is 0 Å². The van der Waals surface area contributed by atoms with Crippen LogP contribution in [0.2, 0.25) is 0 Å². The minimum Gasteiger partial charge on any atom is -0.376 e. The van der Waals surface area contributed by atoms with E-state index in [-0.39, 0.29) is 18.8 Å². The highest BCUT2D eigenvalue weighted by atomic mass is 19.1. The lowest BCUT2D eigenvalue weighted by Gasteiger charge is -2.34. The van der Waals surface area contributed by atoms with Gasteiger partial charge in [-0.25, -0.2) is 9.18 Å². The molecule has 1 N–H and O–H groups in total. The lowest BCUT2D eigenvalue weighted by molar-refractivity contribution is 0.104. The van der Waals surface area contributed by atoms with Gasteiger partial charge in [-0.15, -0.1) is 0 Å². The van der Waals surface area contributed by atoms with Crippen LogP contribution in [0.1, 0.15) is 12.8 Å². The molecule has 104 valence electrons. The summed E-state index contributed by atoms with van der Waals surface area (Å²) in [5.41, 5.74) is 0. The summed E-state index contributed by atoms with van der Waals surface area (Å²) < 4.78 is 17.6. The molecule has 0 aliphatic carbocycles. The molecule has 0 aromatic rings. The molecule has 2 heterocycles. The van der Waals surface area contributed by atoms with Gasteiger partial charge in [0.2, 0.25) is 0 Å². The smallest absolute Gasteiger partial charge is 0.317 e. The maximum absolute atomic E-state index is 12.2. The van der Waals surface area contributed by atoms with Crippen LogP contribution >= 0.6 is 0 Å². The third-order valence-electron chi connectivity index (χ3n) is 3.57. The zero-order valence-electron chi connectivity index (χ0n) is 10.7. The predicted molar refractivity (Wildman–Crippen MR) is 66.4 cm³/mol. The van der Waals surface area contributed by atoms with Crippen LogP contribution in [0.3, 0.4) is 0 Å². The molecule has 2 saturated heterocycles. The molecule has 0 saturated carbocycles. The Morgan fingerprint density at radius 1 is 1.33 bits per heavy atom. The number of rotatable bonds is 4. The number of urea groups is 1. The van der Waals surface area contributed by atoms with Crippen LogP contribution in [-0.4, -0.2) is 74.5 Å². The quantitative estimate of drug-likeness (QED) is 0.798. The lowest BCUT2D eigenvalue weighted by atomic mass is 10.2. The maximum Gasteiger partial charge on any atom is 0.317 e. The Labute approximate surface area is 107 Å². The number of hydrogen-bond donors (Lipinski definition) is 1. The molecule has 2 aliphatic rings. The minimum atomic E-state index is -0.314. The van der Waals surface area contributed by atoms with E-state index in [1.54, 1.807) is 4.90 Å². The average molecular weight is 259 g/mol. The number of alkyl halides is 1. The highest BCUT2D eigenvalue weighted by molar-refractivity contribution is 5.74. The van der Waals surface area contributed by atoms with Gasteiger partial charge in [0, 0.05) is 45.9 Å². The third-order valence-corrected chi connectivity index (χ3v) is 3.57. The molecule has 6 heteroatoms. The van der Waals surface area contributed by atoms with Crippen LogP contribution in [0.4, 0.5) is 9.18 Å². The van der Waals surface area contributed by atoms with Gasteiger partial charge < -0.3 is 15.0 Å². The molecule has 0 spiro atoms. The van der Waals surface area contributed by atoms with Gasteiger partial charge >= 0.3 is 6.03 Å². The molecule has 2 rings (SSSR count). The summed E-state index contributed by atoms with van der Waals surface area (Å²) in [6, 6.07) is -0.0228. The van der Waals surface area contributed by atoms with Crippen LogP contribution in [0.5, 0.6) is 0 Å². The maximum atomic E-state index is 12.2. The zero-order chi connectivity index (χ0) is 12.8. The van der Waals surface area contributed by atoms with Gasteiger partial charge in [0.15, 0.2) is 0 Å². The molecular formula is C12H22FN3O2. The molecule has 2 amide bonds. The average Bonchev–Trinajstić information content (AvgIpc) is 2.90. The van der Waals surface area contributed by atoms with Gasteiger partial charge in [0.05, 0.1) is 6.10 Å². The van der Waals surface area contributed by atoms with Gasteiger partial charge in [0.1, 0.15) is 6.67 Å². The highest BCUT2D eigenvalue weighted by Gasteiger charge is 2.22. The van der Waals surface area contributed by atoms with Gasteiger partial charge in [-0.2, -0.15) is 0 Å². The number of halogens is 1. The van der Waals surface area contributed by atoms with Gasteiger partial charge in [-0.1, -0.05) is 0 Å². The Bertz CT molecular complexity index is 264. The van der Waals surface area contributed by atoms with E-state index in [1.807, 2.05) is 4.90 Å². The Hall–Kier alpha value is -0.880. The van der Waals surface area contributed by atoms with Crippen LogP contribution in [0, 0.1) is 0 Å². The number of piperazine rings is 1. The highest BCUT2D eigenvalue weighted by Crippen LogP contribution is 2.10. The predicted octanol–water partition coefficient (Wildman–Crippen LogP) is 0.462. The second-order valence-electron chi connectivity index (χ2n) is 4.84. The first-order chi connectivity index (χ1) is 8.79. The first-order valence-electron chi connectivity index (χ1n) is 6.72. The van der Waals surface area contributed by atoms with Crippen molar-refractivity contribution in [3.05, 3.63) is 0 Å². The molecule has 5 nitrogen and oxygen atoms in total. The summed E-state index contributed by atoms with van der Waals surface area (Å²) in [6.07, 6.45) is 2.30. The normalized spacial score (nSPS) is 25.4. The Kier molecular flexibility index (Phi) is 5.19. The van der Waals surface area contributed by atoms with Gasteiger partial charge in [-0.05, 0) is 12.8 Å². The van der Waals surface area contributed by atoms with E-state index in [9.17, 15) is 9.18 Å². The topological polar surface area (TPSA) is 44.8 Å². The van der Waals surface area contributed by atoms with E-state index in [2.05, 4.69) is 5.32 Å². The number of carbonyl (C=O) groups excluding carboxylic acids is 1. The summed E-state index contributed by atoms with van der Waals surface area (Å²) >= 11 is 0. The van der Waals surface area contributed by atoms with Gasteiger partial charge in [0.25, 0.3) is 0 Å². The molecule has 18 heavy (non-hydrogen) atoms. The summed E-state index contributed by atoms with van der Waals surface area (Å²) in [4.78, 5) is 15.7. The summed E-state index contributed by atoms with van der Waals surface area (Å²) in [6.45, 7) is 4.45. The van der Waals surface area contributed by atoms with Crippen LogP contribution < -0.4 is 5.32 Å². The standard InChI is InChI=1S/C12H22FN3O2/c13-3-4-15-5-7-16(8-6-15)12(17)14-10-11-2-1-9-18-11/h11H,1-10H2,(H,14,17)/t11-/m0/s1. The van der Waals surface area contributed by atoms with Crippen molar-refractivity contribution in [2.75, 3.05) is 52.6 Å². The SMILES string of the molecule is O=C(NC[C@@H]1CCCO1)N1CCN(CCF)CC1. The molecule has 0 aromatic carbocycles.